The normalized spacial score (nSPS) is 10.7. The molecule has 0 saturated heterocycles. The van der Waals surface area contributed by atoms with Gasteiger partial charge in [-0.1, -0.05) is 23.4 Å². The maximum atomic E-state index is 5.89. The van der Waals surface area contributed by atoms with Crippen LogP contribution in [-0.2, 0) is 5.41 Å². The SMILES string of the molecule is CNc1nc(C)c(C#CC(C)(C)c2ccc(Cl)cn2)c(NC)n1. The zero-order valence-electron chi connectivity index (χ0n) is 14.0. The van der Waals surface area contributed by atoms with Crippen molar-refractivity contribution in [2.45, 2.75) is 26.2 Å². The molecular formula is C17H20ClN5. The summed E-state index contributed by atoms with van der Waals surface area (Å²) in [6.07, 6.45) is 1.63. The molecule has 23 heavy (non-hydrogen) atoms. The van der Waals surface area contributed by atoms with E-state index in [9.17, 15) is 0 Å². The number of aryl methyl sites for hydroxylation is 1. The predicted molar refractivity (Wildman–Crippen MR) is 95.0 cm³/mol. The molecule has 0 aromatic carbocycles. The third-order valence-corrected chi connectivity index (χ3v) is 3.64. The third-order valence-electron chi connectivity index (χ3n) is 3.42. The van der Waals surface area contributed by atoms with Gasteiger partial charge >= 0.3 is 0 Å². The molecule has 5 nitrogen and oxygen atoms in total. The monoisotopic (exact) mass is 329 g/mol. The molecule has 0 aliphatic carbocycles. The first-order chi connectivity index (χ1) is 10.9. The van der Waals surface area contributed by atoms with Crippen LogP contribution in [0, 0.1) is 18.8 Å². The van der Waals surface area contributed by atoms with Crippen molar-refractivity contribution in [2.75, 3.05) is 24.7 Å². The molecule has 0 amide bonds. The van der Waals surface area contributed by atoms with Crippen molar-refractivity contribution in [2.24, 2.45) is 0 Å². The second-order valence-electron chi connectivity index (χ2n) is 5.59. The highest BCUT2D eigenvalue weighted by molar-refractivity contribution is 6.30. The number of anilines is 2. The van der Waals surface area contributed by atoms with Gasteiger partial charge in [-0.05, 0) is 32.9 Å². The summed E-state index contributed by atoms with van der Waals surface area (Å²) in [4.78, 5) is 13.1. The molecule has 6 heteroatoms. The van der Waals surface area contributed by atoms with Crippen LogP contribution in [0.2, 0.25) is 5.02 Å². The minimum Gasteiger partial charge on any atom is -0.372 e. The first kappa shape index (κ1) is 17.0. The van der Waals surface area contributed by atoms with E-state index in [1.165, 1.54) is 0 Å². The molecule has 0 spiro atoms. The van der Waals surface area contributed by atoms with Gasteiger partial charge in [0, 0.05) is 20.3 Å². The van der Waals surface area contributed by atoms with Crippen molar-refractivity contribution >= 4 is 23.4 Å². The predicted octanol–water partition coefficient (Wildman–Crippen LogP) is 3.25. The van der Waals surface area contributed by atoms with E-state index in [-0.39, 0.29) is 0 Å². The molecule has 2 N–H and O–H groups in total. The summed E-state index contributed by atoms with van der Waals surface area (Å²) in [5, 5.41) is 6.62. The van der Waals surface area contributed by atoms with Gasteiger partial charge in [-0.15, -0.1) is 0 Å². The minimum atomic E-state index is -0.413. The number of aromatic nitrogens is 3. The average molecular weight is 330 g/mol. The van der Waals surface area contributed by atoms with Crippen LogP contribution in [0.4, 0.5) is 11.8 Å². The molecule has 2 rings (SSSR count). The maximum absolute atomic E-state index is 5.89. The molecular weight excluding hydrogens is 310 g/mol. The van der Waals surface area contributed by atoms with Gasteiger partial charge in [-0.25, -0.2) is 4.98 Å². The summed E-state index contributed by atoms with van der Waals surface area (Å²) in [6, 6.07) is 3.71. The number of hydrogen-bond donors (Lipinski definition) is 2. The summed E-state index contributed by atoms with van der Waals surface area (Å²) in [5.74, 6) is 7.74. The Morgan fingerprint density at radius 1 is 1.13 bits per heavy atom. The zero-order valence-corrected chi connectivity index (χ0v) is 14.7. The Kier molecular flexibility index (Phi) is 5.07. The summed E-state index contributed by atoms with van der Waals surface area (Å²) in [7, 11) is 3.60. The van der Waals surface area contributed by atoms with Crippen molar-refractivity contribution in [3.63, 3.8) is 0 Å². The van der Waals surface area contributed by atoms with Crippen molar-refractivity contribution in [1.82, 2.24) is 15.0 Å². The van der Waals surface area contributed by atoms with Gasteiger partial charge in [0.05, 0.1) is 27.4 Å². The molecule has 2 aromatic rings. The minimum absolute atomic E-state index is 0.413. The van der Waals surface area contributed by atoms with Gasteiger partial charge in [0.1, 0.15) is 5.82 Å². The quantitative estimate of drug-likeness (QED) is 0.846. The van der Waals surface area contributed by atoms with E-state index in [2.05, 4.69) is 37.4 Å². The Bertz CT molecular complexity index is 757. The highest BCUT2D eigenvalue weighted by Crippen LogP contribution is 2.23. The largest absolute Gasteiger partial charge is 0.372 e. The number of nitrogens with one attached hydrogen (secondary N) is 2. The standard InChI is InChI=1S/C17H20ClN5/c1-11-13(15(19-4)23-16(20-5)22-11)8-9-17(2,3)14-7-6-12(18)10-21-14/h6-7,10H,1-5H3,(H2,19,20,22,23). The second-order valence-corrected chi connectivity index (χ2v) is 6.03. The fourth-order valence-electron chi connectivity index (χ4n) is 2.04. The summed E-state index contributed by atoms with van der Waals surface area (Å²) in [6.45, 7) is 5.96. The Labute approximate surface area is 141 Å². The first-order valence-electron chi connectivity index (χ1n) is 7.26. The average Bonchev–Trinajstić information content (AvgIpc) is 2.53. The molecule has 2 heterocycles. The highest BCUT2D eigenvalue weighted by atomic mass is 35.5. The van der Waals surface area contributed by atoms with Gasteiger partial charge < -0.3 is 10.6 Å². The molecule has 0 saturated carbocycles. The van der Waals surface area contributed by atoms with Crippen LogP contribution in [0.5, 0.6) is 0 Å². The smallest absolute Gasteiger partial charge is 0.224 e. The fraction of sp³-hybridized carbons (Fsp3) is 0.353. The molecule has 120 valence electrons. The van der Waals surface area contributed by atoms with Gasteiger partial charge in [-0.2, -0.15) is 4.98 Å². The number of hydrogen-bond acceptors (Lipinski definition) is 5. The van der Waals surface area contributed by atoms with Crippen LogP contribution in [-0.4, -0.2) is 29.0 Å². The van der Waals surface area contributed by atoms with Gasteiger partial charge in [0.25, 0.3) is 0 Å². The van der Waals surface area contributed by atoms with Crippen LogP contribution in [0.15, 0.2) is 18.3 Å². The van der Waals surface area contributed by atoms with Crippen molar-refractivity contribution < 1.29 is 0 Å². The van der Waals surface area contributed by atoms with Crippen molar-refractivity contribution in [3.05, 3.63) is 40.3 Å². The molecule has 0 aliphatic heterocycles. The van der Waals surface area contributed by atoms with E-state index >= 15 is 0 Å². The molecule has 0 bridgehead atoms. The number of rotatable bonds is 3. The molecule has 2 aromatic heterocycles. The van der Waals surface area contributed by atoms with E-state index < -0.39 is 5.41 Å². The second kappa shape index (κ2) is 6.84. The fourth-order valence-corrected chi connectivity index (χ4v) is 2.16. The zero-order chi connectivity index (χ0) is 17.0. The number of nitrogens with zero attached hydrogens (tertiary/aromatic N) is 3. The summed E-state index contributed by atoms with van der Waals surface area (Å²) < 4.78 is 0. The van der Waals surface area contributed by atoms with Crippen LogP contribution in [0.1, 0.15) is 30.8 Å². The first-order valence-corrected chi connectivity index (χ1v) is 7.64. The molecule has 0 unspecified atom stereocenters. The topological polar surface area (TPSA) is 62.7 Å². The van der Waals surface area contributed by atoms with Crippen LogP contribution < -0.4 is 10.6 Å². The van der Waals surface area contributed by atoms with Gasteiger partial charge in [0.2, 0.25) is 5.95 Å². The Morgan fingerprint density at radius 3 is 2.43 bits per heavy atom. The lowest BCUT2D eigenvalue weighted by Gasteiger charge is -2.17. The Balaban J connectivity index is 2.43. The highest BCUT2D eigenvalue weighted by Gasteiger charge is 2.19. The maximum Gasteiger partial charge on any atom is 0.224 e. The molecule has 0 radical (unpaired) electrons. The van der Waals surface area contributed by atoms with E-state index in [4.69, 9.17) is 11.6 Å². The molecule has 0 aliphatic rings. The summed E-state index contributed by atoms with van der Waals surface area (Å²) >= 11 is 5.89. The molecule has 0 atom stereocenters. The van der Waals surface area contributed by atoms with Crippen LogP contribution in [0.25, 0.3) is 0 Å². The van der Waals surface area contributed by atoms with E-state index in [1.807, 2.05) is 40.0 Å². The lowest BCUT2D eigenvalue weighted by Crippen LogP contribution is -2.16. The number of pyridine rings is 1. The summed E-state index contributed by atoms with van der Waals surface area (Å²) in [5.41, 5.74) is 2.06. The van der Waals surface area contributed by atoms with Gasteiger partial charge in [-0.3, -0.25) is 4.98 Å². The van der Waals surface area contributed by atoms with Gasteiger partial charge in [0.15, 0.2) is 0 Å². The van der Waals surface area contributed by atoms with Crippen molar-refractivity contribution in [3.8, 4) is 11.8 Å². The van der Waals surface area contributed by atoms with E-state index in [1.54, 1.807) is 13.2 Å². The number of halogens is 1. The van der Waals surface area contributed by atoms with E-state index in [0.29, 0.717) is 16.8 Å². The van der Waals surface area contributed by atoms with Crippen LogP contribution >= 0.6 is 11.6 Å². The van der Waals surface area contributed by atoms with Crippen LogP contribution in [0.3, 0.4) is 0 Å². The lowest BCUT2D eigenvalue weighted by molar-refractivity contribution is 0.670. The van der Waals surface area contributed by atoms with E-state index in [0.717, 1.165) is 17.0 Å². The Morgan fingerprint density at radius 2 is 1.87 bits per heavy atom. The lowest BCUT2D eigenvalue weighted by atomic mass is 9.89. The molecule has 0 fully saturated rings. The Hall–Kier alpha value is -2.32. The van der Waals surface area contributed by atoms with Crippen molar-refractivity contribution in [1.29, 1.82) is 0 Å². The third kappa shape index (κ3) is 3.91.